The number of para-hydroxylation sites is 1. The van der Waals surface area contributed by atoms with Crippen molar-refractivity contribution in [2.24, 2.45) is 0 Å². The van der Waals surface area contributed by atoms with Crippen molar-refractivity contribution >= 4 is 22.2 Å². The van der Waals surface area contributed by atoms with Crippen LogP contribution < -0.4 is 5.56 Å². The lowest BCUT2D eigenvalue weighted by Gasteiger charge is -1.99. The second-order valence-electron chi connectivity index (χ2n) is 3.68. The molecule has 4 nitrogen and oxygen atoms in total. The molecule has 0 fully saturated rings. The lowest BCUT2D eigenvalue weighted by molar-refractivity contribution is 1.18. The summed E-state index contributed by atoms with van der Waals surface area (Å²) in [5.41, 5.74) is 0.592. The van der Waals surface area contributed by atoms with E-state index in [1.54, 1.807) is 12.3 Å². The van der Waals surface area contributed by atoms with Gasteiger partial charge in [-0.05, 0) is 19.1 Å². The maximum atomic E-state index is 11.9. The maximum absolute atomic E-state index is 11.9. The smallest absolute Gasteiger partial charge is 0.259 e. The van der Waals surface area contributed by atoms with E-state index in [1.807, 2.05) is 25.1 Å². The molecule has 0 aliphatic carbocycles. The number of H-pyrrole nitrogens is 1. The Morgan fingerprint density at radius 2 is 2.12 bits per heavy atom. The molecule has 0 bridgehead atoms. The van der Waals surface area contributed by atoms with Gasteiger partial charge in [0, 0.05) is 6.20 Å². The Balaban J connectivity index is 2.29. The number of aryl methyl sites for hydroxylation is 1. The third kappa shape index (κ3) is 1.74. The van der Waals surface area contributed by atoms with Crippen LogP contribution in [0.5, 0.6) is 0 Å². The van der Waals surface area contributed by atoms with Crippen molar-refractivity contribution in [2.45, 2.75) is 6.92 Å². The number of fused-ring (bicyclic) bond motifs is 1. The van der Waals surface area contributed by atoms with E-state index in [-0.39, 0.29) is 5.56 Å². The van der Waals surface area contributed by atoms with Crippen molar-refractivity contribution in [3.8, 4) is 10.7 Å². The standard InChI is InChI=1S/C12H9N3OS/c1-7-13-6-10(17-7)11-14-9-5-3-2-4-8(9)12(16)15-11/h2-6H,1H3,(H,14,15,16). The van der Waals surface area contributed by atoms with Crippen LogP contribution in [0.25, 0.3) is 21.6 Å². The van der Waals surface area contributed by atoms with Crippen LogP contribution in [0, 0.1) is 6.92 Å². The fraction of sp³-hybridized carbons (Fsp3) is 0.0833. The van der Waals surface area contributed by atoms with Crippen molar-refractivity contribution < 1.29 is 0 Å². The summed E-state index contributed by atoms with van der Waals surface area (Å²) in [6.07, 6.45) is 1.73. The lowest BCUT2D eigenvalue weighted by Crippen LogP contribution is -2.08. The number of rotatable bonds is 1. The Kier molecular flexibility index (Phi) is 2.26. The average molecular weight is 243 g/mol. The van der Waals surface area contributed by atoms with Crippen molar-refractivity contribution in [1.82, 2.24) is 15.0 Å². The Hall–Kier alpha value is -2.01. The summed E-state index contributed by atoms with van der Waals surface area (Å²) < 4.78 is 0. The highest BCUT2D eigenvalue weighted by molar-refractivity contribution is 7.14. The van der Waals surface area contributed by atoms with Crippen molar-refractivity contribution in [2.75, 3.05) is 0 Å². The van der Waals surface area contributed by atoms with Crippen LogP contribution in [0.2, 0.25) is 0 Å². The summed E-state index contributed by atoms with van der Waals surface area (Å²) in [5, 5.41) is 1.56. The van der Waals surface area contributed by atoms with Gasteiger partial charge < -0.3 is 4.98 Å². The van der Waals surface area contributed by atoms with Crippen LogP contribution in [0.15, 0.2) is 35.3 Å². The number of thiazole rings is 1. The summed E-state index contributed by atoms with van der Waals surface area (Å²) in [7, 11) is 0. The summed E-state index contributed by atoms with van der Waals surface area (Å²) in [4.78, 5) is 24.1. The fourth-order valence-corrected chi connectivity index (χ4v) is 2.40. The summed E-state index contributed by atoms with van der Waals surface area (Å²) >= 11 is 1.51. The van der Waals surface area contributed by atoms with E-state index in [0.29, 0.717) is 16.7 Å². The van der Waals surface area contributed by atoms with Crippen LogP contribution >= 0.6 is 11.3 Å². The summed E-state index contributed by atoms with van der Waals surface area (Å²) in [5.74, 6) is 0.583. The number of hydrogen-bond acceptors (Lipinski definition) is 4. The molecule has 2 aromatic heterocycles. The molecular weight excluding hydrogens is 234 g/mol. The molecule has 1 aromatic carbocycles. The predicted molar refractivity (Wildman–Crippen MR) is 68.2 cm³/mol. The predicted octanol–water partition coefficient (Wildman–Crippen LogP) is 2.36. The SMILES string of the molecule is Cc1ncc(-c2nc3ccccc3c(=O)[nH]2)s1. The highest BCUT2D eigenvalue weighted by atomic mass is 32.1. The first-order chi connectivity index (χ1) is 8.24. The number of aromatic nitrogens is 3. The normalized spacial score (nSPS) is 10.9. The number of nitrogens with one attached hydrogen (secondary N) is 1. The van der Waals surface area contributed by atoms with E-state index < -0.39 is 0 Å². The Morgan fingerprint density at radius 3 is 2.88 bits per heavy atom. The van der Waals surface area contributed by atoms with Gasteiger partial charge in [-0.25, -0.2) is 9.97 Å². The minimum absolute atomic E-state index is 0.114. The van der Waals surface area contributed by atoms with E-state index in [0.717, 1.165) is 9.88 Å². The van der Waals surface area contributed by atoms with Gasteiger partial charge >= 0.3 is 0 Å². The molecule has 0 saturated heterocycles. The molecule has 0 amide bonds. The van der Waals surface area contributed by atoms with Gasteiger partial charge in [-0.15, -0.1) is 11.3 Å². The first kappa shape index (κ1) is 10.2. The highest BCUT2D eigenvalue weighted by Gasteiger charge is 2.07. The molecule has 1 N–H and O–H groups in total. The molecule has 0 saturated carbocycles. The van der Waals surface area contributed by atoms with Crippen molar-refractivity contribution in [3.63, 3.8) is 0 Å². The zero-order chi connectivity index (χ0) is 11.8. The number of nitrogens with zero attached hydrogens (tertiary/aromatic N) is 2. The maximum Gasteiger partial charge on any atom is 0.259 e. The highest BCUT2D eigenvalue weighted by Crippen LogP contribution is 2.22. The van der Waals surface area contributed by atoms with Gasteiger partial charge in [0.1, 0.15) is 0 Å². The zero-order valence-corrected chi connectivity index (χ0v) is 9.91. The van der Waals surface area contributed by atoms with Crippen LogP contribution in [-0.4, -0.2) is 15.0 Å². The minimum Gasteiger partial charge on any atom is -0.305 e. The topological polar surface area (TPSA) is 58.6 Å². The second kappa shape index (κ2) is 3.78. The van der Waals surface area contributed by atoms with Gasteiger partial charge in [-0.1, -0.05) is 12.1 Å². The van der Waals surface area contributed by atoms with Gasteiger partial charge in [0.05, 0.1) is 20.8 Å². The van der Waals surface area contributed by atoms with E-state index in [4.69, 9.17) is 0 Å². The third-order valence-electron chi connectivity index (χ3n) is 2.47. The molecule has 3 rings (SSSR count). The molecule has 0 aliphatic heterocycles. The van der Waals surface area contributed by atoms with E-state index in [1.165, 1.54) is 11.3 Å². The van der Waals surface area contributed by atoms with Crippen LogP contribution in [-0.2, 0) is 0 Å². The Bertz CT molecular complexity index is 745. The number of hydrogen-bond donors (Lipinski definition) is 1. The largest absolute Gasteiger partial charge is 0.305 e. The average Bonchev–Trinajstić information content (AvgIpc) is 2.76. The number of aromatic amines is 1. The molecule has 0 radical (unpaired) electrons. The molecule has 0 spiro atoms. The van der Waals surface area contributed by atoms with Crippen molar-refractivity contribution in [3.05, 3.63) is 45.8 Å². The van der Waals surface area contributed by atoms with E-state index in [9.17, 15) is 4.79 Å². The van der Waals surface area contributed by atoms with Gasteiger partial charge in [0.25, 0.3) is 5.56 Å². The molecule has 5 heteroatoms. The lowest BCUT2D eigenvalue weighted by atomic mass is 10.2. The van der Waals surface area contributed by atoms with Crippen molar-refractivity contribution in [1.29, 1.82) is 0 Å². The van der Waals surface area contributed by atoms with Gasteiger partial charge in [0.15, 0.2) is 5.82 Å². The summed E-state index contributed by atoms with van der Waals surface area (Å²) in [6.45, 7) is 1.92. The van der Waals surface area contributed by atoms with Crippen LogP contribution in [0.1, 0.15) is 5.01 Å². The van der Waals surface area contributed by atoms with Crippen LogP contribution in [0.4, 0.5) is 0 Å². The van der Waals surface area contributed by atoms with Gasteiger partial charge in [-0.3, -0.25) is 4.79 Å². The van der Waals surface area contributed by atoms with E-state index in [2.05, 4.69) is 15.0 Å². The van der Waals surface area contributed by atoms with Crippen LogP contribution in [0.3, 0.4) is 0 Å². The zero-order valence-electron chi connectivity index (χ0n) is 9.10. The molecule has 0 atom stereocenters. The second-order valence-corrected chi connectivity index (χ2v) is 4.91. The first-order valence-corrected chi connectivity index (χ1v) is 5.97. The van der Waals surface area contributed by atoms with Gasteiger partial charge in [0.2, 0.25) is 0 Å². The Labute approximate surface area is 101 Å². The molecular formula is C12H9N3OS. The molecule has 3 aromatic rings. The molecule has 0 aliphatic rings. The van der Waals surface area contributed by atoms with E-state index >= 15 is 0 Å². The molecule has 84 valence electrons. The monoisotopic (exact) mass is 243 g/mol. The summed E-state index contributed by atoms with van der Waals surface area (Å²) in [6, 6.07) is 7.30. The third-order valence-corrected chi connectivity index (χ3v) is 3.39. The minimum atomic E-state index is -0.114. The molecule has 0 unspecified atom stereocenters. The fourth-order valence-electron chi connectivity index (χ4n) is 1.67. The quantitative estimate of drug-likeness (QED) is 0.713. The number of benzene rings is 1. The first-order valence-electron chi connectivity index (χ1n) is 5.16. The molecule has 2 heterocycles. The Morgan fingerprint density at radius 1 is 1.29 bits per heavy atom. The molecule has 17 heavy (non-hydrogen) atoms. The van der Waals surface area contributed by atoms with Gasteiger partial charge in [-0.2, -0.15) is 0 Å².